The van der Waals surface area contributed by atoms with Crippen LogP contribution in [-0.2, 0) is 47.4 Å². The van der Waals surface area contributed by atoms with Gasteiger partial charge in [-0.05, 0) is 81.4 Å². The molecule has 0 aromatic carbocycles. The quantitative estimate of drug-likeness (QED) is 0.415. The van der Waals surface area contributed by atoms with Gasteiger partial charge in [-0.25, -0.2) is 0 Å². The van der Waals surface area contributed by atoms with Crippen LogP contribution >= 0.6 is 0 Å². The van der Waals surface area contributed by atoms with Crippen molar-refractivity contribution in [3.05, 3.63) is 24.3 Å². The van der Waals surface area contributed by atoms with Crippen molar-refractivity contribution in [3.8, 4) is 0 Å². The second kappa shape index (κ2) is 14.1. The van der Waals surface area contributed by atoms with Gasteiger partial charge >= 0.3 is 0 Å². The first-order chi connectivity index (χ1) is 24.7. The number of carbonyl (C=O) groups excluding carboxylic acids is 1. The third kappa shape index (κ3) is 6.53. The molecule has 11 nitrogen and oxygen atoms in total. The zero-order valence-corrected chi connectivity index (χ0v) is 30.5. The fourth-order valence-corrected chi connectivity index (χ4v) is 11.3. The standard InChI is InChI=1S/C40H59NO10/c1-20-14-24-7-9-28-21(2)15-26(44-28)11-12-40-19-33-36(50-40)37-38(49-33)39(51-40)35-30(48-37)10-8-25(46-35)16-23(42)17-27-32(18-31(45-24)22(20)3)47-29(6-5-13-41)34(27)43-4/h20,24-39H,2-3,5-19,41H2,1,4H3/t20?,24?,25-,26?,27?,28?,29-,30?,31-,32+,33?,34-,35+,36?,37+,38-,39?,40+/m1/s1. The Morgan fingerprint density at radius 1 is 0.765 bits per heavy atom. The van der Waals surface area contributed by atoms with E-state index in [-0.39, 0.29) is 103 Å². The van der Waals surface area contributed by atoms with Crippen LogP contribution in [-0.4, -0.2) is 117 Å². The highest BCUT2D eigenvalue weighted by Crippen LogP contribution is 2.54. The van der Waals surface area contributed by atoms with E-state index in [0.29, 0.717) is 44.6 Å². The maximum atomic E-state index is 14.0. The van der Waals surface area contributed by atoms with Gasteiger partial charge in [0.2, 0.25) is 0 Å². The summed E-state index contributed by atoms with van der Waals surface area (Å²) in [5, 5.41) is 0. The summed E-state index contributed by atoms with van der Waals surface area (Å²) in [4.78, 5) is 14.0. The summed E-state index contributed by atoms with van der Waals surface area (Å²) in [5.41, 5.74) is 8.19. The van der Waals surface area contributed by atoms with Crippen molar-refractivity contribution in [1.29, 1.82) is 0 Å². The largest absolute Gasteiger partial charge is 0.378 e. The Hall–Kier alpha value is -1.25. The van der Waals surface area contributed by atoms with E-state index >= 15 is 0 Å². The number of nitrogens with two attached hydrogens (primary N) is 1. The van der Waals surface area contributed by atoms with E-state index in [2.05, 4.69) is 20.1 Å². The molecule has 2 N–H and O–H groups in total. The van der Waals surface area contributed by atoms with Crippen LogP contribution in [0.15, 0.2) is 24.3 Å². The molecule has 0 saturated carbocycles. The van der Waals surface area contributed by atoms with E-state index < -0.39 is 5.79 Å². The number of fused-ring (bicyclic) bond motifs is 6. The van der Waals surface area contributed by atoms with Gasteiger partial charge in [0.1, 0.15) is 36.3 Å². The summed E-state index contributed by atoms with van der Waals surface area (Å²) in [6, 6.07) is 0. The summed E-state index contributed by atoms with van der Waals surface area (Å²) < 4.78 is 60.3. The summed E-state index contributed by atoms with van der Waals surface area (Å²) >= 11 is 0. The molecule has 0 radical (unpaired) electrons. The molecule has 0 aromatic heterocycles. The lowest BCUT2D eigenvalue weighted by molar-refractivity contribution is -0.292. The molecule has 284 valence electrons. The molecule has 10 aliphatic rings. The van der Waals surface area contributed by atoms with Gasteiger partial charge in [0.05, 0.1) is 61.0 Å². The van der Waals surface area contributed by atoms with Gasteiger partial charge in [-0.15, -0.1) is 0 Å². The van der Waals surface area contributed by atoms with Crippen LogP contribution in [0.5, 0.6) is 0 Å². The normalized spacial score (nSPS) is 52.5. The number of hydrogen-bond acceptors (Lipinski definition) is 11. The summed E-state index contributed by atoms with van der Waals surface area (Å²) in [6.45, 7) is 11.8. The van der Waals surface area contributed by atoms with E-state index in [1.54, 1.807) is 7.11 Å². The topological polar surface area (TPSA) is 126 Å². The van der Waals surface area contributed by atoms with Crippen LogP contribution in [0.4, 0.5) is 0 Å². The van der Waals surface area contributed by atoms with Crippen LogP contribution < -0.4 is 5.73 Å². The van der Waals surface area contributed by atoms with Crippen LogP contribution in [0.1, 0.15) is 96.8 Å². The number of methoxy groups -OCH3 is 1. The van der Waals surface area contributed by atoms with E-state index in [1.807, 2.05) is 0 Å². The highest BCUT2D eigenvalue weighted by Gasteiger charge is 2.68. The van der Waals surface area contributed by atoms with E-state index in [1.165, 1.54) is 0 Å². The molecule has 51 heavy (non-hydrogen) atoms. The minimum Gasteiger partial charge on any atom is -0.378 e. The molecule has 11 heteroatoms. The lowest BCUT2D eigenvalue weighted by Crippen LogP contribution is -2.61. The number of hydrogen-bond donors (Lipinski definition) is 1. The number of ketones is 1. The Morgan fingerprint density at radius 3 is 2.37 bits per heavy atom. The van der Waals surface area contributed by atoms with Crippen molar-refractivity contribution in [1.82, 2.24) is 0 Å². The van der Waals surface area contributed by atoms with E-state index in [4.69, 9.17) is 48.4 Å². The molecular weight excluding hydrogens is 654 g/mol. The molecule has 0 amide bonds. The summed E-state index contributed by atoms with van der Waals surface area (Å²) in [7, 11) is 1.74. The smallest absolute Gasteiger partial charge is 0.172 e. The molecule has 10 aliphatic heterocycles. The van der Waals surface area contributed by atoms with Crippen molar-refractivity contribution in [2.75, 3.05) is 13.7 Å². The molecule has 12 bridgehead atoms. The number of ether oxygens (including phenoxy) is 9. The molecule has 18 atom stereocenters. The van der Waals surface area contributed by atoms with E-state index in [0.717, 1.165) is 68.9 Å². The molecule has 9 unspecified atom stereocenters. The second-order valence-electron chi connectivity index (χ2n) is 17.2. The number of rotatable bonds is 4. The summed E-state index contributed by atoms with van der Waals surface area (Å²) in [5.74, 6) is -0.367. The van der Waals surface area contributed by atoms with Gasteiger partial charge in [0.15, 0.2) is 5.79 Å². The van der Waals surface area contributed by atoms with Crippen molar-refractivity contribution in [3.63, 3.8) is 0 Å². The lowest BCUT2D eigenvalue weighted by atomic mass is 9.81. The average Bonchev–Trinajstić information content (AvgIpc) is 3.79. The molecule has 0 aromatic rings. The van der Waals surface area contributed by atoms with Gasteiger partial charge in [-0.3, -0.25) is 4.79 Å². The van der Waals surface area contributed by atoms with Crippen LogP contribution in [0.25, 0.3) is 0 Å². The molecule has 0 aliphatic carbocycles. The Bertz CT molecular complexity index is 1340. The van der Waals surface area contributed by atoms with Crippen LogP contribution in [0, 0.1) is 11.8 Å². The van der Waals surface area contributed by atoms with Gasteiger partial charge < -0.3 is 48.4 Å². The summed E-state index contributed by atoms with van der Waals surface area (Å²) in [6.07, 6.45) is 8.28. The fourth-order valence-electron chi connectivity index (χ4n) is 11.3. The highest BCUT2D eigenvalue weighted by atomic mass is 16.8. The molecule has 10 heterocycles. The van der Waals surface area contributed by atoms with Crippen molar-refractivity contribution >= 4 is 5.78 Å². The van der Waals surface area contributed by atoms with Crippen LogP contribution in [0.3, 0.4) is 0 Å². The Balaban J connectivity index is 0.991. The molecule has 10 fully saturated rings. The molecule has 10 rings (SSSR count). The fraction of sp³-hybridized carbons (Fsp3) is 0.875. The SMILES string of the molecule is C=C1CC2CC[C@@]34CC5O[C@H]6C(O3)[C@H]3O[C@H](CCC3O[C@H]6C5O4)CC(=O)CC3[C@H](C[C@H]4OC(CCC1O2)CC(C)C4=C)O[C@H](CCCN)[C@@H]3OC. The first-order valence-corrected chi connectivity index (χ1v) is 20.1. The lowest BCUT2D eigenvalue weighted by Gasteiger charge is -2.47. The maximum Gasteiger partial charge on any atom is 0.172 e. The second-order valence-corrected chi connectivity index (χ2v) is 17.2. The first-order valence-electron chi connectivity index (χ1n) is 20.1. The van der Waals surface area contributed by atoms with Crippen molar-refractivity contribution < 1.29 is 47.4 Å². The van der Waals surface area contributed by atoms with Crippen LogP contribution in [0.2, 0.25) is 0 Å². The monoisotopic (exact) mass is 713 g/mol. The number of Topliss-reactive ketones (excluding diaryl/α,β-unsaturated/α-hetero) is 1. The zero-order valence-electron chi connectivity index (χ0n) is 30.5. The molecule has 1 spiro atoms. The van der Waals surface area contributed by atoms with Gasteiger partial charge in [0.25, 0.3) is 0 Å². The Kier molecular flexibility index (Phi) is 9.81. The van der Waals surface area contributed by atoms with E-state index in [9.17, 15) is 4.79 Å². The third-order valence-corrected chi connectivity index (χ3v) is 13.9. The predicted octanol–water partition coefficient (Wildman–Crippen LogP) is 4.47. The van der Waals surface area contributed by atoms with Gasteiger partial charge in [-0.2, -0.15) is 0 Å². The minimum absolute atomic E-state index is 0.0107. The Labute approximate surface area is 302 Å². The minimum atomic E-state index is -0.760. The number of carbonyl (C=O) groups is 1. The average molecular weight is 714 g/mol. The third-order valence-electron chi connectivity index (χ3n) is 13.9. The van der Waals surface area contributed by atoms with Crippen molar-refractivity contribution in [2.45, 2.75) is 194 Å². The first kappa shape index (κ1) is 35.5. The molecular formula is C40H59NO10. The van der Waals surface area contributed by atoms with Gasteiger partial charge in [-0.1, -0.05) is 20.1 Å². The van der Waals surface area contributed by atoms with Gasteiger partial charge in [0, 0.05) is 45.1 Å². The zero-order chi connectivity index (χ0) is 35.0. The molecule has 10 saturated heterocycles. The maximum absolute atomic E-state index is 14.0. The highest BCUT2D eigenvalue weighted by molar-refractivity contribution is 5.79. The Morgan fingerprint density at radius 2 is 1.53 bits per heavy atom. The van der Waals surface area contributed by atoms with Crippen molar-refractivity contribution in [2.24, 2.45) is 17.6 Å². The predicted molar refractivity (Wildman–Crippen MR) is 185 cm³/mol.